The van der Waals surface area contributed by atoms with Crippen LogP contribution in [0.25, 0.3) is 0 Å². The molecular formula is C13H13BrF2N2O2. The van der Waals surface area contributed by atoms with Gasteiger partial charge in [-0.15, -0.1) is 0 Å². The molecule has 2 rings (SSSR count). The van der Waals surface area contributed by atoms with Crippen LogP contribution >= 0.6 is 15.9 Å². The first-order chi connectivity index (χ1) is 9.54. The van der Waals surface area contributed by atoms with Crippen LogP contribution in [0, 0.1) is 6.92 Å². The van der Waals surface area contributed by atoms with Crippen molar-refractivity contribution >= 4 is 15.9 Å². The molecule has 0 saturated carbocycles. The molecule has 0 saturated heterocycles. The third-order valence-corrected chi connectivity index (χ3v) is 2.99. The summed E-state index contributed by atoms with van der Waals surface area (Å²) in [5, 5.41) is 3.07. The standard InChI is InChI=1S/C13H13BrF2N2O2/c1-8-5-18-12(19-8)7-17-6-9-4-10(14)2-3-11(9)20-13(15)16/h2-5,13,17H,6-7H2,1H3. The lowest BCUT2D eigenvalue weighted by Crippen LogP contribution is -2.14. The first kappa shape index (κ1) is 14.9. The number of alkyl halides is 2. The van der Waals surface area contributed by atoms with Crippen LogP contribution in [0.5, 0.6) is 5.75 Å². The Morgan fingerprint density at radius 3 is 2.85 bits per heavy atom. The van der Waals surface area contributed by atoms with E-state index in [9.17, 15) is 8.78 Å². The number of halogens is 3. The van der Waals surface area contributed by atoms with Crippen LogP contribution in [0.2, 0.25) is 0 Å². The SMILES string of the molecule is Cc1cnc(CNCc2cc(Br)ccc2OC(F)F)o1. The van der Waals surface area contributed by atoms with E-state index in [1.54, 1.807) is 25.3 Å². The first-order valence-electron chi connectivity index (χ1n) is 5.90. The summed E-state index contributed by atoms with van der Waals surface area (Å²) in [5.41, 5.74) is 0.628. The van der Waals surface area contributed by atoms with E-state index >= 15 is 0 Å². The van der Waals surface area contributed by atoms with Crippen LogP contribution < -0.4 is 10.1 Å². The van der Waals surface area contributed by atoms with Crippen LogP contribution in [-0.4, -0.2) is 11.6 Å². The maximum atomic E-state index is 12.3. The van der Waals surface area contributed by atoms with Crippen LogP contribution in [0.4, 0.5) is 8.78 Å². The van der Waals surface area contributed by atoms with Crippen LogP contribution in [0.15, 0.2) is 33.3 Å². The van der Waals surface area contributed by atoms with Gasteiger partial charge in [-0.1, -0.05) is 15.9 Å². The number of ether oxygens (including phenoxy) is 1. The zero-order chi connectivity index (χ0) is 14.5. The van der Waals surface area contributed by atoms with Crippen molar-refractivity contribution in [3.8, 4) is 5.75 Å². The van der Waals surface area contributed by atoms with Gasteiger partial charge in [0, 0.05) is 16.6 Å². The Kier molecular flexibility index (Phi) is 5.08. The van der Waals surface area contributed by atoms with Crippen LogP contribution in [-0.2, 0) is 13.1 Å². The highest BCUT2D eigenvalue weighted by Gasteiger charge is 2.10. The molecule has 0 aliphatic rings. The molecule has 20 heavy (non-hydrogen) atoms. The molecule has 0 fully saturated rings. The van der Waals surface area contributed by atoms with Gasteiger partial charge in [0.15, 0.2) is 0 Å². The number of hydrogen-bond donors (Lipinski definition) is 1. The van der Waals surface area contributed by atoms with Crippen molar-refractivity contribution in [2.24, 2.45) is 0 Å². The Balaban J connectivity index is 1.98. The topological polar surface area (TPSA) is 47.3 Å². The fraction of sp³-hybridized carbons (Fsp3) is 0.308. The summed E-state index contributed by atoms with van der Waals surface area (Å²) in [4.78, 5) is 4.05. The van der Waals surface area contributed by atoms with Crippen molar-refractivity contribution in [2.45, 2.75) is 26.6 Å². The molecule has 0 unspecified atom stereocenters. The van der Waals surface area contributed by atoms with Gasteiger partial charge in [0.1, 0.15) is 11.5 Å². The van der Waals surface area contributed by atoms with E-state index in [0.717, 1.165) is 10.2 Å². The summed E-state index contributed by atoms with van der Waals surface area (Å²) in [5.74, 6) is 1.43. The summed E-state index contributed by atoms with van der Waals surface area (Å²) >= 11 is 3.30. The molecule has 0 atom stereocenters. The predicted molar refractivity (Wildman–Crippen MR) is 72.6 cm³/mol. The second-order valence-electron chi connectivity index (χ2n) is 4.10. The highest BCUT2D eigenvalue weighted by Crippen LogP contribution is 2.24. The minimum absolute atomic E-state index is 0.152. The van der Waals surface area contributed by atoms with Gasteiger partial charge in [-0.3, -0.25) is 0 Å². The largest absolute Gasteiger partial charge is 0.445 e. The molecule has 1 N–H and O–H groups in total. The molecule has 0 amide bonds. The number of benzene rings is 1. The monoisotopic (exact) mass is 346 g/mol. The van der Waals surface area contributed by atoms with Crippen LogP contribution in [0.1, 0.15) is 17.2 Å². The molecule has 2 aromatic rings. The second kappa shape index (κ2) is 6.81. The smallest absolute Gasteiger partial charge is 0.387 e. The molecule has 0 aliphatic carbocycles. The van der Waals surface area contributed by atoms with Gasteiger partial charge in [-0.2, -0.15) is 8.78 Å². The number of hydrogen-bond acceptors (Lipinski definition) is 4. The van der Waals surface area contributed by atoms with Crippen molar-refractivity contribution in [1.82, 2.24) is 10.3 Å². The van der Waals surface area contributed by atoms with Crippen LogP contribution in [0.3, 0.4) is 0 Å². The van der Waals surface area contributed by atoms with Crippen molar-refractivity contribution in [1.29, 1.82) is 0 Å². The van der Waals surface area contributed by atoms with Gasteiger partial charge in [0.25, 0.3) is 0 Å². The van der Waals surface area contributed by atoms with E-state index < -0.39 is 6.61 Å². The molecule has 0 radical (unpaired) electrons. The molecule has 1 aromatic heterocycles. The summed E-state index contributed by atoms with van der Waals surface area (Å²) < 4.78 is 35.2. The van der Waals surface area contributed by atoms with E-state index in [4.69, 9.17) is 4.42 Å². The number of aromatic nitrogens is 1. The average molecular weight is 347 g/mol. The van der Waals surface area contributed by atoms with E-state index in [1.807, 2.05) is 0 Å². The van der Waals surface area contributed by atoms with Crippen molar-refractivity contribution < 1.29 is 17.9 Å². The number of aryl methyl sites for hydroxylation is 1. The Morgan fingerprint density at radius 1 is 1.40 bits per heavy atom. The molecule has 4 nitrogen and oxygen atoms in total. The number of nitrogens with zero attached hydrogens (tertiary/aromatic N) is 1. The average Bonchev–Trinajstić information content (AvgIpc) is 2.78. The Hall–Kier alpha value is -1.47. The second-order valence-corrected chi connectivity index (χ2v) is 5.01. The third kappa shape index (κ3) is 4.28. The van der Waals surface area contributed by atoms with Gasteiger partial charge in [0.2, 0.25) is 5.89 Å². The summed E-state index contributed by atoms with van der Waals surface area (Å²) in [7, 11) is 0. The van der Waals surface area contributed by atoms with Crippen molar-refractivity contribution in [3.05, 3.63) is 46.1 Å². The summed E-state index contributed by atoms with van der Waals surface area (Å²) in [6.45, 7) is -0.263. The summed E-state index contributed by atoms with van der Waals surface area (Å²) in [6.07, 6.45) is 1.63. The van der Waals surface area contributed by atoms with Gasteiger partial charge in [-0.05, 0) is 25.1 Å². The zero-order valence-corrected chi connectivity index (χ0v) is 12.3. The Bertz CT molecular complexity index is 575. The Labute approximate surface area is 123 Å². The lowest BCUT2D eigenvalue weighted by molar-refractivity contribution is -0.0505. The zero-order valence-electron chi connectivity index (χ0n) is 10.7. The van der Waals surface area contributed by atoms with E-state index in [2.05, 4.69) is 31.0 Å². The number of nitrogens with one attached hydrogen (secondary N) is 1. The molecule has 1 heterocycles. The summed E-state index contributed by atoms with van der Waals surface area (Å²) in [6, 6.07) is 4.88. The predicted octanol–water partition coefficient (Wildman–Crippen LogP) is 3.64. The van der Waals surface area contributed by atoms with E-state index in [1.165, 1.54) is 6.07 Å². The normalized spacial score (nSPS) is 11.1. The molecule has 0 aliphatic heterocycles. The van der Waals surface area contributed by atoms with Gasteiger partial charge in [-0.25, -0.2) is 4.98 Å². The Morgan fingerprint density at radius 2 is 2.20 bits per heavy atom. The van der Waals surface area contributed by atoms with Gasteiger partial charge < -0.3 is 14.5 Å². The van der Waals surface area contributed by atoms with Gasteiger partial charge in [0.05, 0.1) is 12.7 Å². The number of oxazole rings is 1. The first-order valence-corrected chi connectivity index (χ1v) is 6.69. The maximum absolute atomic E-state index is 12.3. The molecule has 0 bridgehead atoms. The highest BCUT2D eigenvalue weighted by molar-refractivity contribution is 9.10. The lowest BCUT2D eigenvalue weighted by Gasteiger charge is -2.11. The van der Waals surface area contributed by atoms with Crippen molar-refractivity contribution in [2.75, 3.05) is 0 Å². The number of rotatable bonds is 6. The third-order valence-electron chi connectivity index (χ3n) is 2.50. The minimum Gasteiger partial charge on any atom is -0.445 e. The van der Waals surface area contributed by atoms with Gasteiger partial charge >= 0.3 is 6.61 Å². The quantitative estimate of drug-likeness (QED) is 0.867. The van der Waals surface area contributed by atoms with Crippen molar-refractivity contribution in [3.63, 3.8) is 0 Å². The molecule has 0 spiro atoms. The lowest BCUT2D eigenvalue weighted by atomic mass is 10.2. The maximum Gasteiger partial charge on any atom is 0.387 e. The molecule has 108 valence electrons. The molecule has 1 aromatic carbocycles. The highest BCUT2D eigenvalue weighted by atomic mass is 79.9. The van der Waals surface area contributed by atoms with E-state index in [0.29, 0.717) is 24.5 Å². The minimum atomic E-state index is -2.84. The fourth-order valence-corrected chi connectivity index (χ4v) is 2.09. The fourth-order valence-electron chi connectivity index (χ4n) is 1.68. The molecule has 7 heteroatoms. The van der Waals surface area contributed by atoms with E-state index in [-0.39, 0.29) is 5.75 Å². The molecular weight excluding hydrogens is 334 g/mol.